The van der Waals surface area contributed by atoms with Crippen LogP contribution in [0.15, 0.2) is 34.9 Å². The van der Waals surface area contributed by atoms with Crippen LogP contribution in [0, 0.1) is 5.82 Å². The standard InChI is InChI=1S/C13H8BrCl2FN2O/c14-8-1-2-11(17)7(3-8)5-19-13(20)9-4-12(16)18-6-10(9)15/h1-4,6H,5H2,(H,19,20). The highest BCUT2D eigenvalue weighted by atomic mass is 79.9. The number of nitrogens with one attached hydrogen (secondary N) is 1. The second-order valence-corrected chi connectivity index (χ2v) is 5.62. The van der Waals surface area contributed by atoms with Crippen molar-refractivity contribution in [2.75, 3.05) is 0 Å². The van der Waals surface area contributed by atoms with Crippen LogP contribution >= 0.6 is 39.1 Å². The molecule has 104 valence electrons. The van der Waals surface area contributed by atoms with E-state index in [2.05, 4.69) is 26.2 Å². The van der Waals surface area contributed by atoms with Crippen LogP contribution in [-0.4, -0.2) is 10.9 Å². The first kappa shape index (κ1) is 15.2. The van der Waals surface area contributed by atoms with Crippen molar-refractivity contribution in [1.82, 2.24) is 10.3 Å². The predicted molar refractivity (Wildman–Crippen MR) is 79.5 cm³/mol. The zero-order chi connectivity index (χ0) is 14.7. The second-order valence-electron chi connectivity index (χ2n) is 3.91. The minimum Gasteiger partial charge on any atom is -0.348 e. The van der Waals surface area contributed by atoms with Gasteiger partial charge in [0.15, 0.2) is 0 Å². The lowest BCUT2D eigenvalue weighted by atomic mass is 10.2. The summed E-state index contributed by atoms with van der Waals surface area (Å²) in [5, 5.41) is 2.92. The highest BCUT2D eigenvalue weighted by molar-refractivity contribution is 9.10. The fraction of sp³-hybridized carbons (Fsp3) is 0.0769. The first-order valence-electron chi connectivity index (χ1n) is 5.50. The van der Waals surface area contributed by atoms with Crippen LogP contribution in [0.1, 0.15) is 15.9 Å². The van der Waals surface area contributed by atoms with Gasteiger partial charge in [0, 0.05) is 22.8 Å². The highest BCUT2D eigenvalue weighted by Crippen LogP contribution is 2.19. The molecule has 0 saturated heterocycles. The largest absolute Gasteiger partial charge is 0.348 e. The van der Waals surface area contributed by atoms with Gasteiger partial charge < -0.3 is 5.32 Å². The Bertz CT molecular complexity index is 667. The first-order chi connectivity index (χ1) is 9.47. The summed E-state index contributed by atoms with van der Waals surface area (Å²) < 4.78 is 14.3. The summed E-state index contributed by atoms with van der Waals surface area (Å²) in [6.07, 6.45) is 1.29. The molecule has 1 aromatic heterocycles. The lowest BCUT2D eigenvalue weighted by molar-refractivity contribution is 0.0950. The van der Waals surface area contributed by atoms with E-state index < -0.39 is 11.7 Å². The average Bonchev–Trinajstić information content (AvgIpc) is 2.42. The van der Waals surface area contributed by atoms with E-state index in [0.717, 1.165) is 4.47 Å². The molecule has 0 fully saturated rings. The number of halogens is 4. The van der Waals surface area contributed by atoms with Gasteiger partial charge in [-0.1, -0.05) is 39.1 Å². The summed E-state index contributed by atoms with van der Waals surface area (Å²) >= 11 is 14.8. The highest BCUT2D eigenvalue weighted by Gasteiger charge is 2.12. The number of hydrogen-bond acceptors (Lipinski definition) is 2. The third kappa shape index (κ3) is 3.69. The number of hydrogen-bond donors (Lipinski definition) is 1. The first-order valence-corrected chi connectivity index (χ1v) is 7.05. The van der Waals surface area contributed by atoms with Crippen molar-refractivity contribution < 1.29 is 9.18 Å². The van der Waals surface area contributed by atoms with E-state index in [1.165, 1.54) is 18.3 Å². The number of pyridine rings is 1. The van der Waals surface area contributed by atoms with Gasteiger partial charge in [-0.2, -0.15) is 0 Å². The normalized spacial score (nSPS) is 10.4. The number of rotatable bonds is 3. The topological polar surface area (TPSA) is 42.0 Å². The van der Waals surface area contributed by atoms with Crippen LogP contribution in [0.4, 0.5) is 4.39 Å². The van der Waals surface area contributed by atoms with Crippen molar-refractivity contribution in [3.05, 3.63) is 62.1 Å². The fourth-order valence-electron chi connectivity index (χ4n) is 1.54. The monoisotopic (exact) mass is 376 g/mol. The van der Waals surface area contributed by atoms with Crippen molar-refractivity contribution in [1.29, 1.82) is 0 Å². The van der Waals surface area contributed by atoms with Gasteiger partial charge in [0.2, 0.25) is 0 Å². The molecule has 0 saturated carbocycles. The van der Waals surface area contributed by atoms with Crippen LogP contribution in [0.5, 0.6) is 0 Å². The zero-order valence-corrected chi connectivity index (χ0v) is 13.1. The Morgan fingerprint density at radius 3 is 2.85 bits per heavy atom. The zero-order valence-electron chi connectivity index (χ0n) is 9.96. The van der Waals surface area contributed by atoms with Gasteiger partial charge in [0.25, 0.3) is 5.91 Å². The molecule has 0 unspecified atom stereocenters. The van der Waals surface area contributed by atoms with E-state index in [-0.39, 0.29) is 22.3 Å². The van der Waals surface area contributed by atoms with E-state index in [0.29, 0.717) is 5.56 Å². The van der Waals surface area contributed by atoms with E-state index >= 15 is 0 Å². The quantitative estimate of drug-likeness (QED) is 0.813. The lowest BCUT2D eigenvalue weighted by Gasteiger charge is -2.08. The molecule has 0 radical (unpaired) electrons. The van der Waals surface area contributed by atoms with Gasteiger partial charge in [0.1, 0.15) is 11.0 Å². The maximum atomic E-state index is 13.5. The van der Waals surface area contributed by atoms with Gasteiger partial charge in [-0.25, -0.2) is 9.37 Å². The molecule has 1 aromatic carbocycles. The molecule has 0 aliphatic rings. The molecular formula is C13H8BrCl2FN2O. The molecule has 7 heteroatoms. The van der Waals surface area contributed by atoms with Crippen molar-refractivity contribution in [2.45, 2.75) is 6.54 Å². The SMILES string of the molecule is O=C(NCc1cc(Br)ccc1F)c1cc(Cl)ncc1Cl. The van der Waals surface area contributed by atoms with Crippen LogP contribution in [0.2, 0.25) is 10.2 Å². The van der Waals surface area contributed by atoms with Crippen molar-refractivity contribution in [3.63, 3.8) is 0 Å². The third-order valence-corrected chi connectivity index (χ3v) is 3.51. The van der Waals surface area contributed by atoms with Crippen LogP contribution in [-0.2, 0) is 6.54 Å². The molecule has 1 heterocycles. The van der Waals surface area contributed by atoms with Crippen molar-refractivity contribution >= 4 is 45.0 Å². The van der Waals surface area contributed by atoms with E-state index in [4.69, 9.17) is 23.2 Å². The average molecular weight is 378 g/mol. The van der Waals surface area contributed by atoms with Gasteiger partial charge >= 0.3 is 0 Å². The molecule has 2 aromatic rings. The molecule has 1 N–H and O–H groups in total. The fourth-order valence-corrected chi connectivity index (χ4v) is 2.29. The Hall–Kier alpha value is -1.17. The number of carbonyl (C=O) groups excluding carboxylic acids is 1. The van der Waals surface area contributed by atoms with Gasteiger partial charge in [-0.3, -0.25) is 4.79 Å². The second kappa shape index (κ2) is 6.52. The molecule has 0 aliphatic carbocycles. The maximum absolute atomic E-state index is 13.5. The summed E-state index contributed by atoms with van der Waals surface area (Å²) in [6, 6.07) is 5.86. The Morgan fingerprint density at radius 1 is 1.35 bits per heavy atom. The van der Waals surface area contributed by atoms with Crippen molar-refractivity contribution in [2.24, 2.45) is 0 Å². The molecule has 3 nitrogen and oxygen atoms in total. The van der Waals surface area contributed by atoms with E-state index in [1.807, 2.05) is 0 Å². The molecule has 20 heavy (non-hydrogen) atoms. The predicted octanol–water partition coefficient (Wildman–Crippen LogP) is 4.22. The molecule has 0 aliphatic heterocycles. The van der Waals surface area contributed by atoms with Gasteiger partial charge in [-0.05, 0) is 24.3 Å². The van der Waals surface area contributed by atoms with Crippen LogP contribution in [0.25, 0.3) is 0 Å². The van der Waals surface area contributed by atoms with Gasteiger partial charge in [-0.15, -0.1) is 0 Å². The minimum atomic E-state index is -0.446. The summed E-state index contributed by atoms with van der Waals surface area (Å²) in [6.45, 7) is 0.0420. The van der Waals surface area contributed by atoms with Crippen LogP contribution < -0.4 is 5.32 Å². The summed E-state index contributed by atoms with van der Waals surface area (Å²) in [5.74, 6) is -0.842. The molecule has 0 spiro atoms. The molecule has 1 amide bonds. The van der Waals surface area contributed by atoms with Gasteiger partial charge in [0.05, 0.1) is 10.6 Å². The molecule has 0 atom stereocenters. The number of benzene rings is 1. The minimum absolute atomic E-state index is 0.0420. The number of amides is 1. The Labute approximate surface area is 133 Å². The number of nitrogens with zero attached hydrogens (tertiary/aromatic N) is 1. The summed E-state index contributed by atoms with van der Waals surface area (Å²) in [5.41, 5.74) is 0.561. The maximum Gasteiger partial charge on any atom is 0.253 e. The number of carbonyl (C=O) groups is 1. The molecule has 2 rings (SSSR count). The molecular weight excluding hydrogens is 370 g/mol. The Kier molecular flexibility index (Phi) is 4.96. The molecule has 0 bridgehead atoms. The van der Waals surface area contributed by atoms with Crippen LogP contribution in [0.3, 0.4) is 0 Å². The third-order valence-electron chi connectivity index (χ3n) is 2.51. The van der Waals surface area contributed by atoms with E-state index in [9.17, 15) is 9.18 Å². The lowest BCUT2D eigenvalue weighted by Crippen LogP contribution is -2.23. The van der Waals surface area contributed by atoms with E-state index in [1.54, 1.807) is 12.1 Å². The number of aromatic nitrogens is 1. The smallest absolute Gasteiger partial charge is 0.253 e. The summed E-state index contributed by atoms with van der Waals surface area (Å²) in [4.78, 5) is 15.7. The Balaban J connectivity index is 2.12. The van der Waals surface area contributed by atoms with Crippen molar-refractivity contribution in [3.8, 4) is 0 Å². The Morgan fingerprint density at radius 2 is 2.10 bits per heavy atom. The summed E-state index contributed by atoms with van der Waals surface area (Å²) in [7, 11) is 0.